The molecule has 4 heteroatoms. The normalized spacial score (nSPS) is 11.2. The van der Waals surface area contributed by atoms with E-state index in [9.17, 15) is 0 Å². The number of benzene rings is 1. The average molecular weight is 254 g/mol. The third kappa shape index (κ3) is 3.53. The molecule has 0 saturated heterocycles. The summed E-state index contributed by atoms with van der Waals surface area (Å²) in [5.41, 5.74) is 1.28. The largest absolute Gasteiger partial charge is 0.493 e. The first-order chi connectivity index (χ1) is 8.42. The molecular formula is C14H24NO3+. The van der Waals surface area contributed by atoms with Crippen LogP contribution < -0.4 is 19.5 Å². The Labute approximate surface area is 109 Å². The standard InChI is InChI=1S/C14H23NO3/c1-14(2,3)15-9-10-7-8-11(16-4)13(18-6)12(10)17-5/h7-8,15H,9H2,1-6H3/p+1. The van der Waals surface area contributed by atoms with Crippen molar-refractivity contribution < 1.29 is 19.5 Å². The van der Waals surface area contributed by atoms with Crippen molar-refractivity contribution in [3.8, 4) is 17.2 Å². The molecule has 0 heterocycles. The lowest BCUT2D eigenvalue weighted by molar-refractivity contribution is -0.731. The Bertz CT molecular complexity index is 397. The zero-order chi connectivity index (χ0) is 13.8. The van der Waals surface area contributed by atoms with Crippen LogP contribution in [0.1, 0.15) is 26.3 Å². The lowest BCUT2D eigenvalue weighted by atomic mass is 10.1. The summed E-state index contributed by atoms with van der Waals surface area (Å²) < 4.78 is 16.1. The minimum atomic E-state index is 0.179. The molecule has 2 N–H and O–H groups in total. The summed E-state index contributed by atoms with van der Waals surface area (Å²) in [5, 5.41) is 2.26. The van der Waals surface area contributed by atoms with E-state index in [0.717, 1.165) is 17.9 Å². The first kappa shape index (κ1) is 14.6. The van der Waals surface area contributed by atoms with Gasteiger partial charge in [-0.1, -0.05) is 0 Å². The van der Waals surface area contributed by atoms with E-state index in [1.54, 1.807) is 21.3 Å². The molecule has 1 aromatic carbocycles. The maximum Gasteiger partial charge on any atom is 0.203 e. The van der Waals surface area contributed by atoms with Gasteiger partial charge in [-0.2, -0.15) is 0 Å². The van der Waals surface area contributed by atoms with E-state index < -0.39 is 0 Å². The highest BCUT2D eigenvalue weighted by molar-refractivity contribution is 5.55. The molecule has 0 bridgehead atoms. The summed E-state index contributed by atoms with van der Waals surface area (Å²) in [5.74, 6) is 2.09. The van der Waals surface area contributed by atoms with E-state index in [-0.39, 0.29) is 5.54 Å². The van der Waals surface area contributed by atoms with Crippen LogP contribution in [-0.4, -0.2) is 26.9 Å². The molecule has 1 rings (SSSR count). The quantitative estimate of drug-likeness (QED) is 0.867. The molecule has 0 spiro atoms. The van der Waals surface area contributed by atoms with E-state index in [2.05, 4.69) is 26.1 Å². The number of quaternary nitrogens is 1. The van der Waals surface area contributed by atoms with Crippen LogP contribution in [0.15, 0.2) is 12.1 Å². The molecule has 0 amide bonds. The highest BCUT2D eigenvalue weighted by atomic mass is 16.5. The Morgan fingerprint density at radius 3 is 2.00 bits per heavy atom. The molecule has 0 radical (unpaired) electrons. The number of rotatable bonds is 5. The smallest absolute Gasteiger partial charge is 0.203 e. The molecule has 0 aliphatic heterocycles. The van der Waals surface area contributed by atoms with Crippen molar-refractivity contribution in [1.82, 2.24) is 0 Å². The second kappa shape index (κ2) is 5.96. The van der Waals surface area contributed by atoms with E-state index in [0.29, 0.717) is 11.5 Å². The van der Waals surface area contributed by atoms with Gasteiger partial charge in [0.15, 0.2) is 11.5 Å². The van der Waals surface area contributed by atoms with Gasteiger partial charge < -0.3 is 19.5 Å². The first-order valence-corrected chi connectivity index (χ1v) is 6.05. The Morgan fingerprint density at radius 2 is 1.56 bits per heavy atom. The van der Waals surface area contributed by atoms with Crippen molar-refractivity contribution >= 4 is 0 Å². The van der Waals surface area contributed by atoms with Gasteiger partial charge in [-0.3, -0.25) is 0 Å². The van der Waals surface area contributed by atoms with Crippen LogP contribution >= 0.6 is 0 Å². The molecule has 0 aromatic heterocycles. The fraction of sp³-hybridized carbons (Fsp3) is 0.571. The number of hydrogen-bond donors (Lipinski definition) is 1. The van der Waals surface area contributed by atoms with Gasteiger partial charge in [0.1, 0.15) is 6.54 Å². The highest BCUT2D eigenvalue weighted by Crippen LogP contribution is 2.39. The van der Waals surface area contributed by atoms with E-state index in [1.165, 1.54) is 0 Å². The van der Waals surface area contributed by atoms with Crippen LogP contribution in [-0.2, 0) is 6.54 Å². The van der Waals surface area contributed by atoms with Crippen molar-refractivity contribution in [2.45, 2.75) is 32.9 Å². The predicted molar refractivity (Wildman–Crippen MR) is 71.5 cm³/mol. The zero-order valence-electron chi connectivity index (χ0n) is 12.2. The summed E-state index contributed by atoms with van der Waals surface area (Å²) >= 11 is 0. The fourth-order valence-electron chi connectivity index (χ4n) is 1.74. The van der Waals surface area contributed by atoms with Crippen LogP contribution in [0.2, 0.25) is 0 Å². The molecule has 0 fully saturated rings. The molecular weight excluding hydrogens is 230 g/mol. The zero-order valence-corrected chi connectivity index (χ0v) is 12.2. The highest BCUT2D eigenvalue weighted by Gasteiger charge is 2.19. The van der Waals surface area contributed by atoms with Crippen LogP contribution in [0.4, 0.5) is 0 Å². The summed E-state index contributed by atoms with van der Waals surface area (Å²) in [4.78, 5) is 0. The first-order valence-electron chi connectivity index (χ1n) is 6.05. The van der Waals surface area contributed by atoms with Crippen molar-refractivity contribution in [2.24, 2.45) is 0 Å². The SMILES string of the molecule is COc1ccc(C[NH2+]C(C)(C)C)c(OC)c1OC. The number of methoxy groups -OCH3 is 3. The average Bonchev–Trinajstić information content (AvgIpc) is 2.33. The van der Waals surface area contributed by atoms with E-state index in [1.807, 2.05) is 12.1 Å². The van der Waals surface area contributed by atoms with Gasteiger partial charge in [-0.25, -0.2) is 0 Å². The van der Waals surface area contributed by atoms with Gasteiger partial charge in [0.05, 0.1) is 32.4 Å². The van der Waals surface area contributed by atoms with Gasteiger partial charge in [-0.05, 0) is 32.9 Å². The molecule has 18 heavy (non-hydrogen) atoms. The number of ether oxygens (including phenoxy) is 3. The summed E-state index contributed by atoms with van der Waals surface area (Å²) in [6, 6.07) is 3.93. The third-order valence-corrected chi connectivity index (χ3v) is 2.72. The minimum absolute atomic E-state index is 0.179. The third-order valence-electron chi connectivity index (χ3n) is 2.72. The van der Waals surface area contributed by atoms with E-state index >= 15 is 0 Å². The Morgan fingerprint density at radius 1 is 0.944 bits per heavy atom. The van der Waals surface area contributed by atoms with Crippen LogP contribution in [0.5, 0.6) is 17.2 Å². The van der Waals surface area contributed by atoms with Gasteiger partial charge >= 0.3 is 0 Å². The molecule has 4 nitrogen and oxygen atoms in total. The van der Waals surface area contributed by atoms with Crippen LogP contribution in [0.3, 0.4) is 0 Å². The van der Waals surface area contributed by atoms with Gasteiger partial charge in [-0.15, -0.1) is 0 Å². The monoisotopic (exact) mass is 254 g/mol. The fourth-order valence-corrected chi connectivity index (χ4v) is 1.74. The maximum absolute atomic E-state index is 5.45. The molecule has 102 valence electrons. The molecule has 0 aliphatic carbocycles. The topological polar surface area (TPSA) is 44.3 Å². The van der Waals surface area contributed by atoms with Crippen molar-refractivity contribution in [1.29, 1.82) is 0 Å². The molecule has 1 aromatic rings. The molecule has 0 aliphatic rings. The summed E-state index contributed by atoms with van der Waals surface area (Å²) in [7, 11) is 4.90. The van der Waals surface area contributed by atoms with Crippen LogP contribution in [0.25, 0.3) is 0 Å². The van der Waals surface area contributed by atoms with Gasteiger partial charge in [0.2, 0.25) is 5.75 Å². The summed E-state index contributed by atoms with van der Waals surface area (Å²) in [6.07, 6.45) is 0. The maximum atomic E-state index is 5.45. The lowest BCUT2D eigenvalue weighted by Gasteiger charge is -2.19. The van der Waals surface area contributed by atoms with Crippen molar-refractivity contribution in [3.63, 3.8) is 0 Å². The molecule has 0 atom stereocenters. The van der Waals surface area contributed by atoms with Crippen molar-refractivity contribution in [2.75, 3.05) is 21.3 Å². The minimum Gasteiger partial charge on any atom is -0.493 e. The Hall–Kier alpha value is -1.42. The Kier molecular flexibility index (Phi) is 4.84. The summed E-state index contributed by atoms with van der Waals surface area (Å²) in [6.45, 7) is 7.38. The van der Waals surface area contributed by atoms with Crippen molar-refractivity contribution in [3.05, 3.63) is 17.7 Å². The second-order valence-electron chi connectivity index (χ2n) is 5.27. The number of nitrogens with two attached hydrogens (primary N) is 1. The molecule has 0 unspecified atom stereocenters. The lowest BCUT2D eigenvalue weighted by Crippen LogP contribution is -2.92. The number of hydrogen-bond acceptors (Lipinski definition) is 3. The second-order valence-corrected chi connectivity index (χ2v) is 5.27. The van der Waals surface area contributed by atoms with E-state index in [4.69, 9.17) is 14.2 Å². The van der Waals surface area contributed by atoms with Gasteiger partial charge in [0.25, 0.3) is 0 Å². The van der Waals surface area contributed by atoms with Crippen LogP contribution in [0, 0.1) is 0 Å². The predicted octanol–water partition coefficient (Wildman–Crippen LogP) is 1.57. The van der Waals surface area contributed by atoms with Gasteiger partial charge in [0, 0.05) is 0 Å². The Balaban J connectivity index is 3.05. The molecule has 0 saturated carbocycles.